The highest BCUT2D eigenvalue weighted by atomic mass is 19.4. The molecule has 0 aliphatic heterocycles. The van der Waals surface area contributed by atoms with Crippen LogP contribution in [0.5, 0.6) is 0 Å². The fourth-order valence-corrected chi connectivity index (χ4v) is 1.85. The number of carbonyl (C=O) groups is 1. The zero-order valence-corrected chi connectivity index (χ0v) is 11.6. The average Bonchev–Trinajstić information content (AvgIpc) is 2.42. The lowest BCUT2D eigenvalue weighted by Crippen LogP contribution is -2.46. The molecule has 1 atom stereocenters. The maximum atomic E-state index is 13.8. The third-order valence-corrected chi connectivity index (χ3v) is 2.94. The van der Waals surface area contributed by atoms with E-state index in [1.54, 1.807) is 0 Å². The number of nitrogens with zero attached hydrogens (tertiary/aromatic N) is 1. The quantitative estimate of drug-likeness (QED) is 0.328. The van der Waals surface area contributed by atoms with E-state index >= 15 is 0 Å². The molecule has 1 aromatic rings. The van der Waals surface area contributed by atoms with Gasteiger partial charge in [-0.1, -0.05) is 8.96 Å². The van der Waals surface area contributed by atoms with Crippen LogP contribution < -0.4 is 5.32 Å². The molecule has 15 heteroatoms. The maximum Gasteiger partial charge on any atom is 0.446 e. The van der Waals surface area contributed by atoms with E-state index in [4.69, 9.17) is 0 Å². The van der Waals surface area contributed by atoms with Crippen LogP contribution in [0.4, 0.5) is 58.6 Å². The lowest BCUT2D eigenvalue weighted by Gasteiger charge is -2.29. The summed E-state index contributed by atoms with van der Waals surface area (Å²) in [6.07, 6.45) is -19.0. The van der Waals surface area contributed by atoms with Gasteiger partial charge in [-0.3, -0.25) is 4.79 Å². The number of nitrogens with one attached hydrogen (secondary N) is 1. The molecule has 1 aromatic carbocycles. The van der Waals surface area contributed by atoms with Crippen LogP contribution in [0.15, 0.2) is 12.1 Å². The zero-order chi connectivity index (χ0) is 20.7. The van der Waals surface area contributed by atoms with E-state index in [0.29, 0.717) is 0 Å². The van der Waals surface area contributed by atoms with Crippen LogP contribution >= 0.6 is 0 Å². The topological polar surface area (TPSA) is 32.3 Å². The van der Waals surface area contributed by atoms with Crippen molar-refractivity contribution in [2.75, 3.05) is 5.32 Å². The van der Waals surface area contributed by atoms with Gasteiger partial charge < -0.3 is 5.32 Å². The van der Waals surface area contributed by atoms with Gasteiger partial charge in [0, 0.05) is 5.56 Å². The summed E-state index contributed by atoms with van der Waals surface area (Å²) in [4.78, 5) is 10.3. The minimum absolute atomic E-state index is 0.664. The number of alkyl halides is 10. The Hall–Kier alpha value is -2.19. The van der Waals surface area contributed by atoms with Crippen molar-refractivity contribution in [1.29, 1.82) is 0 Å². The average molecular weight is 408 g/mol. The molecule has 0 heterocycles. The lowest BCUT2D eigenvalue weighted by molar-refractivity contribution is -0.388. The van der Waals surface area contributed by atoms with Crippen molar-refractivity contribution in [2.45, 2.75) is 24.3 Å². The summed E-state index contributed by atoms with van der Waals surface area (Å²) < 4.78 is 154. The molecule has 0 bridgehead atoms. The molecule has 0 aromatic heterocycles. The van der Waals surface area contributed by atoms with Gasteiger partial charge in [0.1, 0.15) is 0 Å². The minimum Gasteiger partial charge on any atom is -0.328 e. The first-order valence-electron chi connectivity index (χ1n) is 5.88. The van der Waals surface area contributed by atoms with Crippen molar-refractivity contribution in [2.24, 2.45) is 0 Å². The first-order chi connectivity index (χ1) is 11.5. The number of halogens is 12. The summed E-state index contributed by atoms with van der Waals surface area (Å²) >= 11 is 0. The molecular weight excluding hydrogens is 404 g/mol. The van der Waals surface area contributed by atoms with Crippen LogP contribution in [-0.4, -0.2) is 17.9 Å². The smallest absolute Gasteiger partial charge is 0.328 e. The van der Waals surface area contributed by atoms with Crippen LogP contribution in [0.1, 0.15) is 16.7 Å². The van der Waals surface area contributed by atoms with Gasteiger partial charge in [-0.2, -0.15) is 39.5 Å². The van der Waals surface area contributed by atoms with Gasteiger partial charge >= 0.3 is 24.3 Å². The number of rotatable bonds is 4. The van der Waals surface area contributed by atoms with Crippen LogP contribution in [0, 0.1) is 0 Å². The van der Waals surface area contributed by atoms with E-state index in [-0.39, 0.29) is 0 Å². The van der Waals surface area contributed by atoms with Gasteiger partial charge in [-0.25, -0.2) is 4.39 Å². The molecule has 1 N–H and O–H groups in total. The molecule has 3 nitrogen and oxygen atoms in total. The van der Waals surface area contributed by atoms with Gasteiger partial charge in [0.05, 0.1) is 22.2 Å². The molecule has 0 aliphatic rings. The summed E-state index contributed by atoms with van der Waals surface area (Å²) in [6.45, 7) is 0. The number of anilines is 1. The van der Waals surface area contributed by atoms with Crippen molar-refractivity contribution in [1.82, 2.24) is 5.34 Å². The van der Waals surface area contributed by atoms with Crippen molar-refractivity contribution < 1.29 is 57.7 Å². The molecule has 148 valence electrons. The first kappa shape index (κ1) is 21.9. The van der Waals surface area contributed by atoms with Crippen LogP contribution in [0.25, 0.3) is 0 Å². The summed E-state index contributed by atoms with van der Waals surface area (Å²) in [5.41, 5.74) is -9.98. The lowest BCUT2D eigenvalue weighted by atomic mass is 9.95. The highest BCUT2D eigenvalue weighted by Crippen LogP contribution is 2.50. The standard InChI is InChI=1S/C11H4F12N2O/c12-8(25(22)23,11(19,20)21)4-1-5(9(13,14)15)7(24-3-26)6(2-4)10(16,17)18/h1-3H,(H,24,26). The van der Waals surface area contributed by atoms with E-state index in [2.05, 4.69) is 0 Å². The van der Waals surface area contributed by atoms with Crippen molar-refractivity contribution in [3.63, 3.8) is 0 Å². The van der Waals surface area contributed by atoms with Crippen LogP contribution in [0.2, 0.25) is 0 Å². The third-order valence-electron chi connectivity index (χ3n) is 2.94. The van der Waals surface area contributed by atoms with Crippen molar-refractivity contribution in [3.05, 3.63) is 28.8 Å². The van der Waals surface area contributed by atoms with E-state index in [0.717, 1.165) is 5.32 Å². The second kappa shape index (κ2) is 6.51. The van der Waals surface area contributed by atoms with Gasteiger partial charge in [-0.05, 0) is 12.1 Å². The Bertz CT molecular complexity index is 642. The van der Waals surface area contributed by atoms with Crippen molar-refractivity contribution >= 4 is 12.1 Å². The van der Waals surface area contributed by atoms with E-state index < -0.39 is 70.6 Å². The predicted molar refractivity (Wildman–Crippen MR) is 59.0 cm³/mol. The number of benzene rings is 1. The maximum absolute atomic E-state index is 13.8. The molecule has 1 unspecified atom stereocenters. The Labute approximate surface area is 135 Å². The molecule has 0 spiro atoms. The fourth-order valence-electron chi connectivity index (χ4n) is 1.85. The largest absolute Gasteiger partial charge is 0.446 e. The second-order valence-corrected chi connectivity index (χ2v) is 4.56. The highest BCUT2D eigenvalue weighted by Gasteiger charge is 2.65. The van der Waals surface area contributed by atoms with Gasteiger partial charge in [0.15, 0.2) is 0 Å². The molecule has 0 fully saturated rings. The molecule has 0 saturated heterocycles. The highest BCUT2D eigenvalue weighted by molar-refractivity contribution is 5.77. The fraction of sp³-hybridized carbons (Fsp3) is 0.364. The monoisotopic (exact) mass is 408 g/mol. The molecule has 0 radical (unpaired) electrons. The second-order valence-electron chi connectivity index (χ2n) is 4.56. The Balaban J connectivity index is 4.02. The first-order valence-corrected chi connectivity index (χ1v) is 5.88. The van der Waals surface area contributed by atoms with E-state index in [9.17, 15) is 57.7 Å². The number of hydrogen-bond acceptors (Lipinski definition) is 2. The predicted octanol–water partition coefficient (Wildman–Crippen LogP) is 5.05. The number of carbonyl (C=O) groups excluding carboxylic acids is 1. The summed E-state index contributed by atoms with van der Waals surface area (Å²) in [7, 11) is 0. The molecule has 1 amide bonds. The van der Waals surface area contributed by atoms with E-state index in [1.165, 1.54) is 0 Å². The third kappa shape index (κ3) is 3.81. The SMILES string of the molecule is O=CNc1c(C(F)(F)F)cc(C(F)(N(F)F)C(F)(F)F)cc1C(F)(F)F. The molecular formula is C11H4F12N2O. The van der Waals surface area contributed by atoms with Gasteiger partial charge in [0.2, 0.25) is 6.41 Å². The Kier molecular flexibility index (Phi) is 5.48. The Morgan fingerprint density at radius 1 is 0.808 bits per heavy atom. The van der Waals surface area contributed by atoms with Crippen molar-refractivity contribution in [3.8, 4) is 0 Å². The van der Waals surface area contributed by atoms with E-state index in [1.807, 2.05) is 0 Å². The molecule has 1 rings (SSSR count). The Morgan fingerprint density at radius 3 is 1.42 bits per heavy atom. The number of hydrogen-bond donors (Lipinski definition) is 1. The Morgan fingerprint density at radius 2 is 1.19 bits per heavy atom. The van der Waals surface area contributed by atoms with Gasteiger partial charge in [-0.15, -0.1) is 0 Å². The van der Waals surface area contributed by atoms with Crippen LogP contribution in [0.3, 0.4) is 0 Å². The summed E-state index contributed by atoms with van der Waals surface area (Å²) in [6, 6.07) is -1.80. The van der Waals surface area contributed by atoms with Crippen LogP contribution in [-0.2, 0) is 22.9 Å². The molecule has 26 heavy (non-hydrogen) atoms. The molecule has 0 saturated carbocycles. The zero-order valence-electron chi connectivity index (χ0n) is 11.6. The minimum atomic E-state index is -6.61. The van der Waals surface area contributed by atoms with Gasteiger partial charge in [0.25, 0.3) is 0 Å². The summed E-state index contributed by atoms with van der Waals surface area (Å²) in [5.74, 6) is -5.98. The molecule has 0 aliphatic carbocycles. The number of amides is 1. The summed E-state index contributed by atoms with van der Waals surface area (Å²) in [5, 5.41) is -2.23. The normalized spacial score (nSPS) is 15.7.